The Kier molecular flexibility index (Phi) is 5.04. The molecule has 0 aromatic heterocycles. The maximum Gasteiger partial charge on any atom is 0.253 e. The van der Waals surface area contributed by atoms with Crippen LogP contribution in [0.2, 0.25) is 10.0 Å². The number of rotatable bonds is 2. The molecule has 1 heterocycles. The number of aromatic hydroxyl groups is 1. The fourth-order valence-corrected chi connectivity index (χ4v) is 4.86. The van der Waals surface area contributed by atoms with E-state index in [1.165, 1.54) is 6.07 Å². The topological polar surface area (TPSA) is 61.4 Å². The molecule has 4 rings (SSSR count). The Labute approximate surface area is 180 Å². The van der Waals surface area contributed by atoms with Crippen LogP contribution >= 0.6 is 23.2 Å². The van der Waals surface area contributed by atoms with Crippen molar-refractivity contribution in [2.75, 3.05) is 5.32 Å². The number of allylic oxidation sites excluding steroid dienone is 2. The molecule has 2 aromatic carbocycles. The molecule has 0 bridgehead atoms. The fraction of sp³-hybridized carbons (Fsp3) is 0.348. The highest BCUT2D eigenvalue weighted by molar-refractivity contribution is 6.35. The van der Waals surface area contributed by atoms with Crippen molar-refractivity contribution in [2.45, 2.75) is 44.7 Å². The molecule has 0 saturated heterocycles. The van der Waals surface area contributed by atoms with Crippen molar-refractivity contribution in [3.63, 3.8) is 0 Å². The third-order valence-electron chi connectivity index (χ3n) is 5.52. The minimum absolute atomic E-state index is 0.0271. The number of hydrogen-bond donors (Lipinski definition) is 3. The quantitative estimate of drug-likeness (QED) is 0.507. The molecule has 1 aliphatic carbocycles. The number of carbonyl (C=O) groups excluding carboxylic acids is 1. The largest absolute Gasteiger partial charge is 0.506 e. The predicted molar refractivity (Wildman–Crippen MR) is 118 cm³/mol. The Balaban J connectivity index is 1.82. The zero-order chi connectivity index (χ0) is 20.9. The summed E-state index contributed by atoms with van der Waals surface area (Å²) in [6.07, 6.45) is 5.21. The van der Waals surface area contributed by atoms with Gasteiger partial charge >= 0.3 is 0 Å². The number of fused-ring (bicyclic) bond motifs is 3. The summed E-state index contributed by atoms with van der Waals surface area (Å²) >= 11 is 12.4. The summed E-state index contributed by atoms with van der Waals surface area (Å²) in [5, 5.41) is 17.9. The van der Waals surface area contributed by atoms with Crippen molar-refractivity contribution >= 4 is 34.8 Å². The number of phenolic OH excluding ortho intramolecular Hbond substituents is 1. The van der Waals surface area contributed by atoms with E-state index < -0.39 is 0 Å². The minimum atomic E-state index is -0.345. The van der Waals surface area contributed by atoms with E-state index in [0.717, 1.165) is 17.7 Å². The highest BCUT2D eigenvalue weighted by atomic mass is 35.5. The number of hydrogen-bond acceptors (Lipinski definition) is 3. The molecule has 0 fully saturated rings. The number of anilines is 1. The predicted octanol–water partition coefficient (Wildman–Crippen LogP) is 6.05. The third-order valence-corrected chi connectivity index (χ3v) is 6.03. The molecule has 29 heavy (non-hydrogen) atoms. The van der Waals surface area contributed by atoms with Gasteiger partial charge in [0.2, 0.25) is 0 Å². The zero-order valence-corrected chi connectivity index (χ0v) is 18.1. The summed E-state index contributed by atoms with van der Waals surface area (Å²) in [5.41, 5.74) is 2.78. The summed E-state index contributed by atoms with van der Waals surface area (Å²) in [4.78, 5) is 13.0. The van der Waals surface area contributed by atoms with Crippen LogP contribution in [0.4, 0.5) is 5.69 Å². The lowest BCUT2D eigenvalue weighted by Crippen LogP contribution is -2.41. The fourth-order valence-electron chi connectivity index (χ4n) is 4.35. The van der Waals surface area contributed by atoms with E-state index in [0.29, 0.717) is 16.1 Å². The highest BCUT2D eigenvalue weighted by Gasteiger charge is 2.40. The molecule has 6 heteroatoms. The van der Waals surface area contributed by atoms with Crippen LogP contribution in [0.15, 0.2) is 42.5 Å². The second-order valence-corrected chi connectivity index (χ2v) is 9.62. The lowest BCUT2D eigenvalue weighted by atomic mass is 9.76. The molecule has 3 atom stereocenters. The third kappa shape index (κ3) is 3.72. The van der Waals surface area contributed by atoms with E-state index in [1.54, 1.807) is 6.07 Å². The van der Waals surface area contributed by atoms with Crippen molar-refractivity contribution < 1.29 is 9.90 Å². The van der Waals surface area contributed by atoms with Gasteiger partial charge in [-0.3, -0.25) is 4.79 Å². The van der Waals surface area contributed by atoms with E-state index in [2.05, 4.69) is 28.9 Å². The standard InChI is InChI=1S/C23H24Cl2N2O2/c1-23(2,3)27-22(29)16-9-5-8-14-13-6-4-7-15(13)20(26-19(14)16)17-10-12(24)11-18(25)21(17)28/h4-6,8-11,13,15,20,26,28H,7H2,1-3H3,(H,27,29). The van der Waals surface area contributed by atoms with Gasteiger partial charge in [-0.25, -0.2) is 0 Å². The van der Waals surface area contributed by atoms with Crippen molar-refractivity contribution in [1.82, 2.24) is 5.32 Å². The molecule has 3 N–H and O–H groups in total. The van der Waals surface area contributed by atoms with Gasteiger partial charge in [0.05, 0.1) is 22.3 Å². The number of benzene rings is 2. The number of nitrogens with one attached hydrogen (secondary N) is 2. The molecule has 0 saturated carbocycles. The van der Waals surface area contributed by atoms with Crippen LogP contribution < -0.4 is 10.6 Å². The second kappa shape index (κ2) is 7.26. The van der Waals surface area contributed by atoms with E-state index in [9.17, 15) is 9.90 Å². The van der Waals surface area contributed by atoms with Crippen LogP contribution in [0.3, 0.4) is 0 Å². The van der Waals surface area contributed by atoms with Crippen LogP contribution in [-0.4, -0.2) is 16.6 Å². The number of carbonyl (C=O) groups is 1. The van der Waals surface area contributed by atoms with Gasteiger partial charge in [0, 0.05) is 22.0 Å². The lowest BCUT2D eigenvalue weighted by molar-refractivity contribution is 0.0920. The van der Waals surface area contributed by atoms with Crippen molar-refractivity contribution in [3.05, 3.63) is 69.2 Å². The van der Waals surface area contributed by atoms with Gasteiger partial charge < -0.3 is 15.7 Å². The molecule has 1 aliphatic heterocycles. The number of halogens is 2. The molecular weight excluding hydrogens is 407 g/mol. The van der Waals surface area contributed by atoms with Crippen LogP contribution in [0.5, 0.6) is 5.75 Å². The Bertz CT molecular complexity index is 1010. The van der Waals surface area contributed by atoms with Crippen LogP contribution in [0.25, 0.3) is 0 Å². The summed E-state index contributed by atoms with van der Waals surface area (Å²) < 4.78 is 0. The first-order chi connectivity index (χ1) is 13.7. The first kappa shape index (κ1) is 20.1. The molecule has 2 aromatic rings. The van der Waals surface area contributed by atoms with Gasteiger partial charge in [0.15, 0.2) is 0 Å². The zero-order valence-electron chi connectivity index (χ0n) is 16.6. The molecule has 3 unspecified atom stereocenters. The Morgan fingerprint density at radius 1 is 1.21 bits per heavy atom. The maximum absolute atomic E-state index is 13.0. The van der Waals surface area contributed by atoms with Gasteiger partial charge in [0.1, 0.15) is 5.75 Å². The molecule has 2 aliphatic rings. The van der Waals surface area contributed by atoms with Crippen LogP contribution in [0.1, 0.15) is 60.6 Å². The monoisotopic (exact) mass is 430 g/mol. The number of phenols is 1. The Morgan fingerprint density at radius 3 is 2.69 bits per heavy atom. The van der Waals surface area contributed by atoms with E-state index in [4.69, 9.17) is 23.2 Å². The summed E-state index contributed by atoms with van der Waals surface area (Å²) in [6.45, 7) is 5.87. The lowest BCUT2D eigenvalue weighted by Gasteiger charge is -2.38. The summed E-state index contributed by atoms with van der Waals surface area (Å²) in [6, 6.07) is 8.87. The van der Waals surface area contributed by atoms with Crippen molar-refractivity contribution in [3.8, 4) is 5.75 Å². The van der Waals surface area contributed by atoms with Crippen molar-refractivity contribution in [2.24, 2.45) is 5.92 Å². The first-order valence-electron chi connectivity index (χ1n) is 9.72. The van der Waals surface area contributed by atoms with E-state index in [-0.39, 0.29) is 40.1 Å². The average molecular weight is 431 g/mol. The van der Waals surface area contributed by atoms with Crippen LogP contribution in [-0.2, 0) is 0 Å². The molecule has 152 valence electrons. The van der Waals surface area contributed by atoms with Gasteiger partial charge in [0.25, 0.3) is 5.91 Å². The molecule has 0 radical (unpaired) electrons. The molecule has 4 nitrogen and oxygen atoms in total. The minimum Gasteiger partial charge on any atom is -0.506 e. The van der Waals surface area contributed by atoms with Gasteiger partial charge in [-0.15, -0.1) is 0 Å². The average Bonchev–Trinajstić information content (AvgIpc) is 3.12. The van der Waals surface area contributed by atoms with Gasteiger partial charge in [-0.2, -0.15) is 0 Å². The van der Waals surface area contributed by atoms with Gasteiger partial charge in [-0.1, -0.05) is 47.5 Å². The van der Waals surface area contributed by atoms with Crippen LogP contribution in [0, 0.1) is 5.92 Å². The number of para-hydroxylation sites is 1. The van der Waals surface area contributed by atoms with E-state index >= 15 is 0 Å². The second-order valence-electron chi connectivity index (χ2n) is 8.77. The number of amides is 1. The normalized spacial score (nSPS) is 22.6. The smallest absolute Gasteiger partial charge is 0.253 e. The molecular formula is C23H24Cl2N2O2. The van der Waals surface area contributed by atoms with Gasteiger partial charge in [-0.05, 0) is 56.9 Å². The SMILES string of the molecule is CC(C)(C)NC(=O)c1cccc2c1NC(c1cc(Cl)cc(Cl)c1O)C1CC=CC21. The first-order valence-corrected chi connectivity index (χ1v) is 10.5. The Morgan fingerprint density at radius 2 is 1.97 bits per heavy atom. The molecule has 0 spiro atoms. The van der Waals surface area contributed by atoms with E-state index in [1.807, 2.05) is 32.9 Å². The Hall–Kier alpha value is -2.17. The summed E-state index contributed by atoms with van der Waals surface area (Å²) in [7, 11) is 0. The summed E-state index contributed by atoms with van der Waals surface area (Å²) in [5.74, 6) is 0.244. The maximum atomic E-state index is 13.0. The molecule has 1 amide bonds. The van der Waals surface area contributed by atoms with Crippen molar-refractivity contribution in [1.29, 1.82) is 0 Å². The highest BCUT2D eigenvalue weighted by Crippen LogP contribution is 2.52.